The summed E-state index contributed by atoms with van der Waals surface area (Å²) in [5.41, 5.74) is 0.816. The third-order valence-electron chi connectivity index (χ3n) is 4.53. The molecule has 0 atom stereocenters. The third-order valence-corrected chi connectivity index (χ3v) is 4.53. The molecule has 0 N–H and O–H groups in total. The van der Waals surface area contributed by atoms with Crippen molar-refractivity contribution in [1.29, 1.82) is 0 Å². The Balaban J connectivity index is 1.47. The minimum Gasteiger partial charge on any atom is -0.473 e. The summed E-state index contributed by atoms with van der Waals surface area (Å²) in [6, 6.07) is 9.23. The third kappa shape index (κ3) is 6.91. The Bertz CT molecular complexity index is 903. The Kier molecular flexibility index (Phi) is 7.04. The lowest BCUT2D eigenvalue weighted by Crippen LogP contribution is -2.44. The molecular formula is C22H27FN4O4. The Morgan fingerprint density at radius 2 is 1.68 bits per heavy atom. The molecule has 9 heteroatoms. The van der Waals surface area contributed by atoms with E-state index in [4.69, 9.17) is 14.3 Å². The van der Waals surface area contributed by atoms with E-state index >= 15 is 0 Å². The standard InChI is InChI=1S/C22H27FN4O4/c1-15(16-5-7-17(23)8-6-16)26-31-20-10-9-19(24-25-20)29-18-11-13-27(14-12-18)21(28)30-22(2,3)4/h5-10,18H,11-14H2,1-4H3/b26-15-. The molecule has 1 aromatic heterocycles. The second kappa shape index (κ2) is 9.72. The zero-order valence-corrected chi connectivity index (χ0v) is 18.2. The number of carbonyl (C=O) groups excluding carboxylic acids is 1. The molecular weight excluding hydrogens is 403 g/mol. The van der Waals surface area contributed by atoms with E-state index < -0.39 is 5.60 Å². The minimum absolute atomic E-state index is 0.0569. The van der Waals surface area contributed by atoms with E-state index in [0.717, 1.165) is 5.56 Å². The highest BCUT2D eigenvalue weighted by Gasteiger charge is 2.27. The average molecular weight is 430 g/mol. The van der Waals surface area contributed by atoms with Crippen LogP contribution in [0.3, 0.4) is 0 Å². The number of piperidine rings is 1. The topological polar surface area (TPSA) is 86.1 Å². The predicted octanol–water partition coefficient (Wildman–Crippen LogP) is 4.20. The summed E-state index contributed by atoms with van der Waals surface area (Å²) in [5, 5.41) is 12.0. The molecule has 3 rings (SSSR count). The lowest BCUT2D eigenvalue weighted by Gasteiger charge is -2.33. The number of carbonyl (C=O) groups is 1. The number of hydrogen-bond acceptors (Lipinski definition) is 7. The smallest absolute Gasteiger partial charge is 0.410 e. The van der Waals surface area contributed by atoms with Gasteiger partial charge in [-0.3, -0.25) is 0 Å². The number of ether oxygens (including phenoxy) is 2. The fraction of sp³-hybridized carbons (Fsp3) is 0.455. The van der Waals surface area contributed by atoms with Gasteiger partial charge in [-0.2, -0.15) is 0 Å². The number of nitrogens with zero attached hydrogens (tertiary/aromatic N) is 4. The lowest BCUT2D eigenvalue weighted by molar-refractivity contribution is 0.0122. The lowest BCUT2D eigenvalue weighted by atomic mass is 10.1. The second-order valence-electron chi connectivity index (χ2n) is 8.27. The molecule has 0 unspecified atom stereocenters. The van der Waals surface area contributed by atoms with E-state index in [-0.39, 0.29) is 23.9 Å². The maximum atomic E-state index is 13.0. The fourth-order valence-corrected chi connectivity index (χ4v) is 2.93. The van der Waals surface area contributed by atoms with Crippen LogP contribution in [0.25, 0.3) is 0 Å². The fourth-order valence-electron chi connectivity index (χ4n) is 2.93. The van der Waals surface area contributed by atoms with Gasteiger partial charge in [0, 0.05) is 38.1 Å². The van der Waals surface area contributed by atoms with Crippen molar-refractivity contribution < 1.29 is 23.5 Å². The van der Waals surface area contributed by atoms with E-state index in [9.17, 15) is 9.18 Å². The van der Waals surface area contributed by atoms with Gasteiger partial charge in [-0.25, -0.2) is 9.18 Å². The molecule has 1 saturated heterocycles. The van der Waals surface area contributed by atoms with E-state index in [1.807, 2.05) is 20.8 Å². The summed E-state index contributed by atoms with van der Waals surface area (Å²) < 4.78 is 24.3. The molecule has 0 saturated carbocycles. The summed E-state index contributed by atoms with van der Waals surface area (Å²) >= 11 is 0. The molecule has 31 heavy (non-hydrogen) atoms. The van der Waals surface area contributed by atoms with Crippen molar-refractivity contribution in [3.8, 4) is 11.8 Å². The molecule has 0 radical (unpaired) electrons. The quantitative estimate of drug-likeness (QED) is 0.522. The van der Waals surface area contributed by atoms with Crippen LogP contribution >= 0.6 is 0 Å². The number of benzene rings is 1. The summed E-state index contributed by atoms with van der Waals surface area (Å²) in [4.78, 5) is 19.1. The van der Waals surface area contributed by atoms with Crippen LogP contribution in [0.1, 0.15) is 46.1 Å². The number of likely N-dealkylation sites (tertiary alicyclic amines) is 1. The van der Waals surface area contributed by atoms with Gasteiger partial charge in [0.1, 0.15) is 17.5 Å². The summed E-state index contributed by atoms with van der Waals surface area (Å²) in [6.45, 7) is 8.42. The first kappa shape index (κ1) is 22.5. The predicted molar refractivity (Wildman–Crippen MR) is 113 cm³/mol. The maximum Gasteiger partial charge on any atom is 0.410 e. The van der Waals surface area contributed by atoms with Crippen molar-refractivity contribution in [2.45, 2.75) is 52.2 Å². The monoisotopic (exact) mass is 430 g/mol. The Hall–Kier alpha value is -3.23. The van der Waals surface area contributed by atoms with Crippen LogP contribution in [0.15, 0.2) is 41.6 Å². The summed E-state index contributed by atoms with van der Waals surface area (Å²) in [7, 11) is 0. The number of rotatable bonds is 5. The minimum atomic E-state index is -0.508. The van der Waals surface area contributed by atoms with Crippen molar-refractivity contribution in [3.05, 3.63) is 47.8 Å². The van der Waals surface area contributed by atoms with Crippen molar-refractivity contribution in [2.24, 2.45) is 5.16 Å². The molecule has 1 amide bonds. The van der Waals surface area contributed by atoms with Crippen LogP contribution in [0.2, 0.25) is 0 Å². The van der Waals surface area contributed by atoms with E-state index in [2.05, 4.69) is 15.4 Å². The normalized spacial score (nSPS) is 15.5. The highest BCUT2D eigenvalue weighted by molar-refractivity contribution is 5.98. The first-order valence-electron chi connectivity index (χ1n) is 10.2. The molecule has 0 bridgehead atoms. The van der Waals surface area contributed by atoms with Crippen molar-refractivity contribution in [2.75, 3.05) is 13.1 Å². The number of halogens is 1. The molecule has 0 spiro atoms. The van der Waals surface area contributed by atoms with E-state index in [1.165, 1.54) is 12.1 Å². The first-order valence-corrected chi connectivity index (χ1v) is 10.2. The second-order valence-corrected chi connectivity index (χ2v) is 8.27. The molecule has 1 fully saturated rings. The van der Waals surface area contributed by atoms with Crippen molar-refractivity contribution >= 4 is 11.8 Å². The molecule has 8 nitrogen and oxygen atoms in total. The van der Waals surface area contributed by atoms with Crippen LogP contribution in [0, 0.1) is 5.82 Å². The first-order chi connectivity index (χ1) is 14.7. The largest absolute Gasteiger partial charge is 0.473 e. The number of aromatic nitrogens is 2. The van der Waals surface area contributed by atoms with Crippen molar-refractivity contribution in [3.63, 3.8) is 0 Å². The summed E-state index contributed by atoms with van der Waals surface area (Å²) in [5.74, 6) is 0.283. The number of hydrogen-bond donors (Lipinski definition) is 0. The Morgan fingerprint density at radius 3 is 2.26 bits per heavy atom. The Morgan fingerprint density at radius 1 is 1.06 bits per heavy atom. The van der Waals surface area contributed by atoms with Crippen LogP contribution in [0.5, 0.6) is 11.8 Å². The molecule has 2 aromatic rings. The maximum absolute atomic E-state index is 13.0. The van der Waals surface area contributed by atoms with Gasteiger partial charge in [0.2, 0.25) is 5.88 Å². The highest BCUT2D eigenvalue weighted by atomic mass is 19.1. The molecule has 0 aliphatic carbocycles. The number of amides is 1. The van der Waals surface area contributed by atoms with Gasteiger partial charge in [-0.1, -0.05) is 17.3 Å². The molecule has 1 aliphatic rings. The Labute approximate surface area is 181 Å². The van der Waals surface area contributed by atoms with Crippen LogP contribution in [-0.4, -0.2) is 51.7 Å². The van der Waals surface area contributed by atoms with Crippen LogP contribution in [-0.2, 0) is 4.74 Å². The average Bonchev–Trinajstić information content (AvgIpc) is 2.73. The van der Waals surface area contributed by atoms with Crippen LogP contribution < -0.4 is 9.57 Å². The van der Waals surface area contributed by atoms with Crippen LogP contribution in [0.4, 0.5) is 9.18 Å². The molecule has 2 heterocycles. The molecule has 1 aromatic carbocycles. The van der Waals surface area contributed by atoms with Gasteiger partial charge >= 0.3 is 6.09 Å². The zero-order chi connectivity index (χ0) is 22.4. The molecule has 1 aliphatic heterocycles. The number of oxime groups is 1. The molecule has 166 valence electrons. The van der Waals surface area contributed by atoms with E-state index in [0.29, 0.717) is 37.5 Å². The van der Waals surface area contributed by atoms with Crippen molar-refractivity contribution in [1.82, 2.24) is 15.1 Å². The van der Waals surface area contributed by atoms with Gasteiger partial charge in [0.25, 0.3) is 5.88 Å². The zero-order valence-electron chi connectivity index (χ0n) is 18.2. The van der Waals surface area contributed by atoms with Gasteiger partial charge in [0.15, 0.2) is 0 Å². The SMILES string of the molecule is C/C(=N/Oc1ccc(OC2CCN(C(=O)OC(C)(C)C)CC2)nn1)c1ccc(F)cc1. The van der Waals surface area contributed by atoms with Gasteiger partial charge < -0.3 is 19.2 Å². The summed E-state index contributed by atoms with van der Waals surface area (Å²) in [6.07, 6.45) is 1.00. The van der Waals surface area contributed by atoms with Gasteiger partial charge in [0.05, 0.1) is 5.71 Å². The van der Waals surface area contributed by atoms with Gasteiger partial charge in [-0.15, -0.1) is 10.2 Å². The highest BCUT2D eigenvalue weighted by Crippen LogP contribution is 2.20. The van der Waals surface area contributed by atoms with Gasteiger partial charge in [-0.05, 0) is 45.4 Å². The van der Waals surface area contributed by atoms with E-state index in [1.54, 1.807) is 36.1 Å².